The number of hydrogen-bond acceptors (Lipinski definition) is 4. The largest absolute Gasteiger partial charge is 0.319 e. The molecule has 0 radical (unpaired) electrons. The summed E-state index contributed by atoms with van der Waals surface area (Å²) in [4.78, 5) is 26.8. The van der Waals surface area contributed by atoms with Gasteiger partial charge in [-0.1, -0.05) is 29.8 Å². The third-order valence-corrected chi connectivity index (χ3v) is 4.48. The average Bonchev–Trinajstić information content (AvgIpc) is 3.19. The molecule has 22 heavy (non-hydrogen) atoms. The number of carbonyl (C=O) groups excluding carboxylic acids is 1. The van der Waals surface area contributed by atoms with E-state index in [4.69, 9.17) is 0 Å². The first kappa shape index (κ1) is 14.6. The van der Waals surface area contributed by atoms with Crippen LogP contribution in [-0.2, 0) is 11.3 Å². The molecule has 2 aromatic rings. The van der Waals surface area contributed by atoms with Gasteiger partial charge in [0, 0.05) is 29.5 Å². The van der Waals surface area contributed by atoms with Gasteiger partial charge >= 0.3 is 0 Å². The molecule has 3 rings (SSSR count). The van der Waals surface area contributed by atoms with Gasteiger partial charge in [0.05, 0.1) is 0 Å². The summed E-state index contributed by atoms with van der Waals surface area (Å²) in [6, 6.07) is 7.40. The molecule has 0 bridgehead atoms. The molecule has 1 aromatic carbocycles. The SMILES string of the molecule is Cc1ccc(Cn2ccsc2=NC(=O)[C@@H]2C[C@@H]2[N+](=O)[O-])cc1. The minimum absolute atomic E-state index is 0.304. The summed E-state index contributed by atoms with van der Waals surface area (Å²) < 4.78 is 1.89. The van der Waals surface area contributed by atoms with E-state index in [1.807, 2.05) is 47.3 Å². The van der Waals surface area contributed by atoms with Crippen LogP contribution in [0.2, 0.25) is 0 Å². The van der Waals surface area contributed by atoms with Crippen molar-refractivity contribution >= 4 is 17.2 Å². The van der Waals surface area contributed by atoms with Crippen LogP contribution in [-0.4, -0.2) is 21.4 Å². The van der Waals surface area contributed by atoms with E-state index in [0.29, 0.717) is 17.8 Å². The first-order chi connectivity index (χ1) is 10.5. The maximum absolute atomic E-state index is 12.0. The fourth-order valence-electron chi connectivity index (χ4n) is 2.25. The molecule has 1 amide bonds. The van der Waals surface area contributed by atoms with Gasteiger partial charge in [0.2, 0.25) is 6.04 Å². The van der Waals surface area contributed by atoms with Crippen molar-refractivity contribution in [1.29, 1.82) is 0 Å². The van der Waals surface area contributed by atoms with Crippen molar-refractivity contribution in [2.24, 2.45) is 10.9 Å². The van der Waals surface area contributed by atoms with Gasteiger partial charge in [-0.05, 0) is 12.5 Å². The predicted octanol–water partition coefficient (Wildman–Crippen LogP) is 2.00. The van der Waals surface area contributed by atoms with Crippen LogP contribution in [0.1, 0.15) is 17.5 Å². The highest BCUT2D eigenvalue weighted by Gasteiger charge is 2.53. The fraction of sp³-hybridized carbons (Fsp3) is 0.333. The maximum Gasteiger partial charge on any atom is 0.258 e. The van der Waals surface area contributed by atoms with E-state index in [1.165, 1.54) is 16.9 Å². The number of rotatable bonds is 4. The number of benzene rings is 1. The molecule has 6 nitrogen and oxygen atoms in total. The molecule has 1 saturated carbocycles. The Bertz CT molecular complexity index is 776. The quantitative estimate of drug-likeness (QED) is 0.639. The third kappa shape index (κ3) is 3.14. The Kier molecular flexibility index (Phi) is 3.89. The Labute approximate surface area is 130 Å². The molecule has 0 N–H and O–H groups in total. The van der Waals surface area contributed by atoms with Crippen LogP contribution in [0.25, 0.3) is 0 Å². The number of hydrogen-bond donors (Lipinski definition) is 0. The van der Waals surface area contributed by atoms with Crippen molar-refractivity contribution in [2.75, 3.05) is 0 Å². The normalized spacial score (nSPS) is 20.9. The number of aromatic nitrogens is 1. The van der Waals surface area contributed by atoms with E-state index >= 15 is 0 Å². The zero-order valence-corrected chi connectivity index (χ0v) is 12.8. The lowest BCUT2D eigenvalue weighted by Crippen LogP contribution is -2.18. The van der Waals surface area contributed by atoms with E-state index in [0.717, 1.165) is 5.56 Å². The van der Waals surface area contributed by atoms with Crippen molar-refractivity contribution in [2.45, 2.75) is 25.9 Å². The van der Waals surface area contributed by atoms with Crippen molar-refractivity contribution in [1.82, 2.24) is 4.57 Å². The number of nitrogens with zero attached hydrogens (tertiary/aromatic N) is 3. The predicted molar refractivity (Wildman–Crippen MR) is 82.0 cm³/mol. The summed E-state index contributed by atoms with van der Waals surface area (Å²) >= 11 is 1.36. The number of nitro groups is 1. The lowest BCUT2D eigenvalue weighted by molar-refractivity contribution is -0.497. The molecule has 114 valence electrons. The Morgan fingerprint density at radius 3 is 2.82 bits per heavy atom. The molecule has 1 heterocycles. The minimum Gasteiger partial charge on any atom is -0.319 e. The molecule has 1 fully saturated rings. The zero-order valence-electron chi connectivity index (χ0n) is 12.0. The highest BCUT2D eigenvalue weighted by Crippen LogP contribution is 2.33. The molecule has 0 aliphatic heterocycles. The molecular weight excluding hydrogens is 302 g/mol. The molecule has 1 aromatic heterocycles. The van der Waals surface area contributed by atoms with Crippen molar-refractivity contribution < 1.29 is 9.72 Å². The molecule has 1 aliphatic carbocycles. The summed E-state index contributed by atoms with van der Waals surface area (Å²) in [6.07, 6.45) is 2.17. The molecule has 2 atom stereocenters. The van der Waals surface area contributed by atoms with Gasteiger partial charge in [-0.2, -0.15) is 4.99 Å². The second kappa shape index (κ2) is 5.84. The summed E-state index contributed by atoms with van der Waals surface area (Å²) in [5.74, 6) is -0.938. The lowest BCUT2D eigenvalue weighted by atomic mass is 10.1. The monoisotopic (exact) mass is 317 g/mol. The lowest BCUT2D eigenvalue weighted by Gasteiger charge is -2.03. The molecule has 1 aliphatic rings. The van der Waals surface area contributed by atoms with Gasteiger partial charge in [-0.25, -0.2) is 0 Å². The smallest absolute Gasteiger partial charge is 0.258 e. The first-order valence-corrected chi connectivity index (χ1v) is 7.84. The molecule has 0 unspecified atom stereocenters. The molecular formula is C15H15N3O3S. The van der Waals surface area contributed by atoms with Crippen LogP contribution >= 0.6 is 11.3 Å². The van der Waals surface area contributed by atoms with Crippen LogP contribution in [0.4, 0.5) is 0 Å². The fourth-order valence-corrected chi connectivity index (χ4v) is 2.99. The van der Waals surface area contributed by atoms with E-state index in [9.17, 15) is 14.9 Å². The van der Waals surface area contributed by atoms with E-state index in [1.54, 1.807) is 0 Å². The zero-order chi connectivity index (χ0) is 15.7. The van der Waals surface area contributed by atoms with Crippen LogP contribution in [0, 0.1) is 23.0 Å². The van der Waals surface area contributed by atoms with Gasteiger partial charge in [-0.3, -0.25) is 14.9 Å². The van der Waals surface area contributed by atoms with Crippen molar-refractivity contribution in [3.05, 3.63) is 61.9 Å². The van der Waals surface area contributed by atoms with Crippen LogP contribution in [0.5, 0.6) is 0 Å². The first-order valence-electron chi connectivity index (χ1n) is 6.96. The van der Waals surface area contributed by atoms with Gasteiger partial charge in [0.15, 0.2) is 4.80 Å². The van der Waals surface area contributed by atoms with Gasteiger partial charge in [-0.15, -0.1) is 11.3 Å². The second-order valence-electron chi connectivity index (χ2n) is 5.44. The highest BCUT2D eigenvalue weighted by molar-refractivity contribution is 7.07. The van der Waals surface area contributed by atoms with Gasteiger partial charge in [0.1, 0.15) is 5.92 Å². The van der Waals surface area contributed by atoms with E-state index in [2.05, 4.69) is 4.99 Å². The third-order valence-electron chi connectivity index (χ3n) is 3.68. The standard InChI is InChI=1S/C15H15N3O3S/c1-10-2-4-11(5-3-10)9-17-6-7-22-15(17)16-14(19)12-8-13(12)18(20)21/h2-7,12-13H,8-9H2,1H3/t12-,13+/m1/s1. The number of carbonyl (C=O) groups is 1. The Morgan fingerprint density at radius 1 is 1.45 bits per heavy atom. The maximum atomic E-state index is 12.0. The average molecular weight is 317 g/mol. The van der Waals surface area contributed by atoms with Gasteiger partial charge < -0.3 is 4.57 Å². The van der Waals surface area contributed by atoms with E-state index < -0.39 is 16.9 Å². The van der Waals surface area contributed by atoms with Crippen LogP contribution in [0.15, 0.2) is 40.8 Å². The van der Waals surface area contributed by atoms with Crippen LogP contribution < -0.4 is 4.80 Å². The Hall–Kier alpha value is -2.28. The Balaban J connectivity index is 1.77. The molecule has 0 saturated heterocycles. The summed E-state index contributed by atoms with van der Waals surface area (Å²) in [5, 5.41) is 12.5. The van der Waals surface area contributed by atoms with Crippen molar-refractivity contribution in [3.8, 4) is 0 Å². The number of amides is 1. The van der Waals surface area contributed by atoms with E-state index in [-0.39, 0.29) is 5.91 Å². The van der Waals surface area contributed by atoms with Gasteiger partial charge in [0.25, 0.3) is 5.91 Å². The topological polar surface area (TPSA) is 77.5 Å². The highest BCUT2D eigenvalue weighted by atomic mass is 32.1. The minimum atomic E-state index is -0.748. The molecule has 0 spiro atoms. The Morgan fingerprint density at radius 2 is 2.18 bits per heavy atom. The molecule has 7 heteroatoms. The summed E-state index contributed by atoms with van der Waals surface area (Å²) in [7, 11) is 0. The number of thiazole rings is 1. The summed E-state index contributed by atoms with van der Waals surface area (Å²) in [5.41, 5.74) is 2.31. The number of aryl methyl sites for hydroxylation is 1. The summed E-state index contributed by atoms with van der Waals surface area (Å²) in [6.45, 7) is 2.65. The second-order valence-corrected chi connectivity index (χ2v) is 6.32. The van der Waals surface area contributed by atoms with Crippen LogP contribution in [0.3, 0.4) is 0 Å². The van der Waals surface area contributed by atoms with Crippen molar-refractivity contribution in [3.63, 3.8) is 0 Å².